The number of nitrogens with zero attached hydrogens (tertiary/aromatic N) is 2. The van der Waals surface area contributed by atoms with E-state index in [2.05, 4.69) is 20.5 Å². The van der Waals surface area contributed by atoms with E-state index < -0.39 is 0 Å². The summed E-state index contributed by atoms with van der Waals surface area (Å²) in [5, 5.41) is 6.92. The number of anilines is 1. The van der Waals surface area contributed by atoms with E-state index in [-0.39, 0.29) is 5.97 Å². The molecule has 8 nitrogen and oxygen atoms in total. The second-order valence-electron chi connectivity index (χ2n) is 7.62. The average Bonchev–Trinajstić information content (AvgIpc) is 3.26. The summed E-state index contributed by atoms with van der Waals surface area (Å²) in [4.78, 5) is 18.0. The molecule has 8 heteroatoms. The van der Waals surface area contributed by atoms with E-state index in [9.17, 15) is 4.79 Å². The molecule has 1 aromatic rings. The van der Waals surface area contributed by atoms with Crippen LogP contribution in [-0.2, 0) is 9.53 Å². The van der Waals surface area contributed by atoms with Crippen LogP contribution in [0.1, 0.15) is 45.4 Å². The summed E-state index contributed by atoms with van der Waals surface area (Å²) in [5.41, 5.74) is 1.10. The van der Waals surface area contributed by atoms with Crippen molar-refractivity contribution in [2.45, 2.75) is 51.5 Å². The Morgan fingerprint density at radius 1 is 1.13 bits per heavy atom. The summed E-state index contributed by atoms with van der Waals surface area (Å²) in [6.45, 7) is 5.02. The Kier molecular flexibility index (Phi) is 10.8. The van der Waals surface area contributed by atoms with E-state index in [0.29, 0.717) is 19.1 Å². The van der Waals surface area contributed by atoms with Crippen LogP contribution < -0.4 is 25.0 Å². The molecular weight excluding hydrogens is 396 g/mol. The summed E-state index contributed by atoms with van der Waals surface area (Å²) in [5.74, 6) is 2.33. The number of hydrogen-bond donors (Lipinski definition) is 2. The maximum atomic E-state index is 11.3. The highest BCUT2D eigenvalue weighted by Crippen LogP contribution is 2.30. The Morgan fingerprint density at radius 3 is 2.48 bits per heavy atom. The first-order chi connectivity index (χ1) is 15.1. The topological polar surface area (TPSA) is 84.4 Å². The Hall–Kier alpha value is -2.64. The van der Waals surface area contributed by atoms with Crippen molar-refractivity contribution < 1.29 is 19.0 Å². The number of hydrogen-bond acceptors (Lipinski definition) is 6. The summed E-state index contributed by atoms with van der Waals surface area (Å²) < 4.78 is 15.7. The van der Waals surface area contributed by atoms with Gasteiger partial charge < -0.3 is 29.7 Å². The minimum atomic E-state index is -0.0942. The molecule has 1 fully saturated rings. The highest BCUT2D eigenvalue weighted by molar-refractivity contribution is 5.80. The largest absolute Gasteiger partial charge is 0.497 e. The molecule has 1 aliphatic rings. The molecule has 0 bridgehead atoms. The van der Waals surface area contributed by atoms with E-state index in [1.54, 1.807) is 21.3 Å². The van der Waals surface area contributed by atoms with Gasteiger partial charge in [0.25, 0.3) is 0 Å². The number of guanidine groups is 1. The number of aliphatic imine (C=N–C) groups is 1. The Balaban J connectivity index is 1.69. The molecule has 1 aliphatic heterocycles. The van der Waals surface area contributed by atoms with Crippen LogP contribution in [0, 0.1) is 0 Å². The second-order valence-corrected chi connectivity index (χ2v) is 7.62. The van der Waals surface area contributed by atoms with Crippen LogP contribution in [0.5, 0.6) is 11.5 Å². The van der Waals surface area contributed by atoms with E-state index in [1.807, 2.05) is 25.1 Å². The Morgan fingerprint density at radius 2 is 1.84 bits per heavy atom. The lowest BCUT2D eigenvalue weighted by atomic mass is 10.1. The Labute approximate surface area is 186 Å². The molecule has 1 saturated heterocycles. The first kappa shape index (κ1) is 24.6. The molecule has 1 aromatic carbocycles. The van der Waals surface area contributed by atoms with Gasteiger partial charge in [-0.15, -0.1) is 0 Å². The SMILES string of the molecule is CCOC(=O)CCCCCCNC(=NC)NC1CCN(c2cc(OC)cc(OC)c2)C1. The van der Waals surface area contributed by atoms with Gasteiger partial charge in [0.15, 0.2) is 5.96 Å². The summed E-state index contributed by atoms with van der Waals surface area (Å²) in [6.07, 6.45) is 5.60. The lowest BCUT2D eigenvalue weighted by Crippen LogP contribution is -2.44. The fourth-order valence-corrected chi connectivity index (χ4v) is 3.66. The van der Waals surface area contributed by atoms with Crippen molar-refractivity contribution >= 4 is 17.6 Å². The smallest absolute Gasteiger partial charge is 0.305 e. The molecule has 0 spiro atoms. The number of methoxy groups -OCH3 is 2. The zero-order valence-corrected chi connectivity index (χ0v) is 19.4. The van der Waals surface area contributed by atoms with Gasteiger partial charge in [-0.2, -0.15) is 0 Å². The van der Waals surface area contributed by atoms with Crippen LogP contribution >= 0.6 is 0 Å². The van der Waals surface area contributed by atoms with E-state index in [0.717, 1.165) is 74.9 Å². The quantitative estimate of drug-likeness (QED) is 0.226. The molecule has 0 radical (unpaired) electrons. The molecule has 1 heterocycles. The summed E-state index contributed by atoms with van der Waals surface area (Å²) in [7, 11) is 5.14. The third-order valence-corrected chi connectivity index (χ3v) is 5.36. The fourth-order valence-electron chi connectivity index (χ4n) is 3.66. The minimum absolute atomic E-state index is 0.0942. The van der Waals surface area contributed by atoms with Gasteiger partial charge in [0.2, 0.25) is 0 Å². The van der Waals surface area contributed by atoms with Crippen LogP contribution in [0.4, 0.5) is 5.69 Å². The summed E-state index contributed by atoms with van der Waals surface area (Å²) >= 11 is 0. The monoisotopic (exact) mass is 434 g/mol. The number of esters is 1. The molecule has 2 rings (SSSR count). The zero-order valence-electron chi connectivity index (χ0n) is 19.4. The third kappa shape index (κ3) is 8.55. The third-order valence-electron chi connectivity index (χ3n) is 5.36. The summed E-state index contributed by atoms with van der Waals surface area (Å²) in [6, 6.07) is 6.30. The van der Waals surface area contributed by atoms with Gasteiger partial charge in [0, 0.05) is 63.0 Å². The van der Waals surface area contributed by atoms with Gasteiger partial charge in [-0.3, -0.25) is 9.79 Å². The van der Waals surface area contributed by atoms with Crippen LogP contribution in [0.2, 0.25) is 0 Å². The number of nitrogens with one attached hydrogen (secondary N) is 2. The fraction of sp³-hybridized carbons (Fsp3) is 0.652. The van der Waals surface area contributed by atoms with Crippen LogP contribution in [0.25, 0.3) is 0 Å². The number of ether oxygens (including phenoxy) is 3. The van der Waals surface area contributed by atoms with Crippen LogP contribution in [0.15, 0.2) is 23.2 Å². The number of carbonyl (C=O) groups excluding carboxylic acids is 1. The van der Waals surface area contributed by atoms with E-state index in [4.69, 9.17) is 14.2 Å². The molecule has 0 aromatic heterocycles. The maximum Gasteiger partial charge on any atom is 0.305 e. The lowest BCUT2D eigenvalue weighted by molar-refractivity contribution is -0.143. The van der Waals surface area contributed by atoms with Crippen molar-refractivity contribution in [1.82, 2.24) is 10.6 Å². The normalized spacial score (nSPS) is 16.2. The van der Waals surface area contributed by atoms with Gasteiger partial charge in [0.05, 0.1) is 20.8 Å². The molecule has 0 amide bonds. The maximum absolute atomic E-state index is 11.3. The first-order valence-electron chi connectivity index (χ1n) is 11.2. The van der Waals surface area contributed by atoms with Crippen molar-refractivity contribution in [3.05, 3.63) is 18.2 Å². The van der Waals surface area contributed by atoms with Crippen molar-refractivity contribution in [1.29, 1.82) is 0 Å². The van der Waals surface area contributed by atoms with Crippen molar-refractivity contribution in [2.75, 3.05) is 52.4 Å². The molecule has 1 unspecified atom stereocenters. The Bertz CT molecular complexity index is 689. The lowest BCUT2D eigenvalue weighted by Gasteiger charge is -2.21. The molecule has 0 saturated carbocycles. The molecule has 1 atom stereocenters. The molecule has 31 heavy (non-hydrogen) atoms. The number of carbonyl (C=O) groups is 1. The van der Waals surface area contributed by atoms with Crippen LogP contribution in [-0.4, -0.2) is 65.5 Å². The highest BCUT2D eigenvalue weighted by atomic mass is 16.5. The van der Waals surface area contributed by atoms with Gasteiger partial charge in [0.1, 0.15) is 11.5 Å². The van der Waals surface area contributed by atoms with E-state index in [1.165, 1.54) is 0 Å². The minimum Gasteiger partial charge on any atom is -0.497 e. The predicted octanol–water partition coefficient (Wildman–Crippen LogP) is 2.96. The zero-order chi connectivity index (χ0) is 22.5. The van der Waals surface area contributed by atoms with Crippen molar-refractivity contribution in [3.63, 3.8) is 0 Å². The second kappa shape index (κ2) is 13.6. The molecular formula is C23H38N4O4. The van der Waals surface area contributed by atoms with Gasteiger partial charge in [-0.05, 0) is 26.2 Å². The van der Waals surface area contributed by atoms with Crippen molar-refractivity contribution in [2.24, 2.45) is 4.99 Å². The van der Waals surface area contributed by atoms with Gasteiger partial charge in [-0.1, -0.05) is 12.8 Å². The van der Waals surface area contributed by atoms with Gasteiger partial charge >= 0.3 is 5.97 Å². The van der Waals surface area contributed by atoms with Crippen LogP contribution in [0.3, 0.4) is 0 Å². The molecule has 174 valence electrons. The molecule has 0 aliphatic carbocycles. The molecule has 2 N–H and O–H groups in total. The van der Waals surface area contributed by atoms with Crippen molar-refractivity contribution in [3.8, 4) is 11.5 Å². The number of rotatable bonds is 12. The standard InChI is InChI=1S/C23H38N4O4/c1-5-31-22(28)10-8-6-7-9-12-25-23(24-2)26-18-11-13-27(17-18)19-14-20(29-3)16-21(15-19)30-4/h14-16,18H,5-13,17H2,1-4H3,(H2,24,25,26). The highest BCUT2D eigenvalue weighted by Gasteiger charge is 2.24. The van der Waals surface area contributed by atoms with E-state index >= 15 is 0 Å². The first-order valence-corrected chi connectivity index (χ1v) is 11.2. The number of unbranched alkanes of at least 4 members (excludes halogenated alkanes) is 3. The average molecular weight is 435 g/mol. The number of benzene rings is 1. The van der Waals surface area contributed by atoms with Gasteiger partial charge in [-0.25, -0.2) is 0 Å². The predicted molar refractivity (Wildman–Crippen MR) is 124 cm³/mol.